The van der Waals surface area contributed by atoms with E-state index in [1.165, 1.54) is 0 Å². The van der Waals surface area contributed by atoms with Crippen molar-refractivity contribution in [2.45, 2.75) is 57.0 Å². The molecule has 1 aliphatic rings. The van der Waals surface area contributed by atoms with E-state index < -0.39 is 24.0 Å². The highest BCUT2D eigenvalue weighted by atomic mass is 16.4. The number of hydrogen-bond donors (Lipinski definition) is 3. The van der Waals surface area contributed by atoms with Gasteiger partial charge in [0.05, 0.1) is 0 Å². The number of nitrogens with one attached hydrogen (secondary N) is 1. The number of carboxylic acid groups (broad SMARTS) is 2. The minimum Gasteiger partial charge on any atom is -0.481 e. The molecule has 0 aliphatic heterocycles. The summed E-state index contributed by atoms with van der Waals surface area (Å²) < 4.78 is 0. The van der Waals surface area contributed by atoms with Crippen molar-refractivity contribution in [2.24, 2.45) is 0 Å². The summed E-state index contributed by atoms with van der Waals surface area (Å²) in [6.45, 7) is 0. The second kappa shape index (κ2) is 7.72. The van der Waals surface area contributed by atoms with Gasteiger partial charge in [-0.25, -0.2) is 9.59 Å². The van der Waals surface area contributed by atoms with E-state index >= 15 is 0 Å². The zero-order valence-electron chi connectivity index (χ0n) is 11.7. The van der Waals surface area contributed by atoms with E-state index in [0.717, 1.165) is 25.7 Å². The largest absolute Gasteiger partial charge is 0.481 e. The van der Waals surface area contributed by atoms with Gasteiger partial charge in [0.2, 0.25) is 0 Å². The van der Waals surface area contributed by atoms with Gasteiger partial charge in [-0.2, -0.15) is 0 Å². The highest BCUT2D eigenvalue weighted by Crippen LogP contribution is 2.22. The predicted octanol–water partition coefficient (Wildman–Crippen LogP) is 1.28. The number of carbonyl (C=O) groups excluding carboxylic acids is 1. The van der Waals surface area contributed by atoms with Crippen LogP contribution in [0.25, 0.3) is 0 Å². The molecule has 0 aromatic rings. The van der Waals surface area contributed by atoms with Crippen molar-refractivity contribution in [3.8, 4) is 0 Å². The summed E-state index contributed by atoms with van der Waals surface area (Å²) in [5, 5.41) is 20.1. The van der Waals surface area contributed by atoms with Crippen molar-refractivity contribution in [3.63, 3.8) is 0 Å². The molecule has 0 spiro atoms. The Kier molecular flexibility index (Phi) is 6.27. The zero-order chi connectivity index (χ0) is 15.1. The third-order valence-electron chi connectivity index (χ3n) is 3.67. The molecule has 0 heterocycles. The van der Waals surface area contributed by atoms with Crippen LogP contribution < -0.4 is 5.32 Å². The van der Waals surface area contributed by atoms with Gasteiger partial charge in [0.15, 0.2) is 0 Å². The van der Waals surface area contributed by atoms with E-state index in [2.05, 4.69) is 5.32 Å². The van der Waals surface area contributed by atoms with Crippen LogP contribution in [-0.2, 0) is 9.59 Å². The Labute approximate surface area is 117 Å². The summed E-state index contributed by atoms with van der Waals surface area (Å²) in [7, 11) is 1.67. The number of carbonyl (C=O) groups is 3. The van der Waals surface area contributed by atoms with Gasteiger partial charge >= 0.3 is 18.0 Å². The molecule has 114 valence electrons. The summed E-state index contributed by atoms with van der Waals surface area (Å²) in [5.74, 6) is -2.10. The maximum atomic E-state index is 12.0. The Balaban J connectivity index is 2.45. The van der Waals surface area contributed by atoms with Crippen LogP contribution in [0.15, 0.2) is 0 Å². The van der Waals surface area contributed by atoms with Crippen LogP contribution in [0.2, 0.25) is 0 Å². The molecule has 7 nitrogen and oxygen atoms in total. The summed E-state index contributed by atoms with van der Waals surface area (Å²) in [6, 6.07) is -1.27. The monoisotopic (exact) mass is 286 g/mol. The number of amides is 2. The third kappa shape index (κ3) is 5.07. The SMILES string of the molecule is CN(C(=O)N[C@H](CCCC(=O)O)C(=O)O)C1CCCC1. The molecular weight excluding hydrogens is 264 g/mol. The molecule has 1 rings (SSSR count). The molecule has 1 fully saturated rings. The van der Waals surface area contributed by atoms with Crippen LogP contribution in [0.4, 0.5) is 4.79 Å². The first kappa shape index (κ1) is 16.3. The van der Waals surface area contributed by atoms with Gasteiger partial charge in [0.1, 0.15) is 6.04 Å². The van der Waals surface area contributed by atoms with Crippen LogP contribution in [0, 0.1) is 0 Å². The van der Waals surface area contributed by atoms with Crippen LogP contribution in [0.5, 0.6) is 0 Å². The first-order valence-corrected chi connectivity index (χ1v) is 6.89. The minimum absolute atomic E-state index is 0.0991. The average Bonchev–Trinajstić information content (AvgIpc) is 2.89. The molecule has 20 heavy (non-hydrogen) atoms. The number of urea groups is 1. The summed E-state index contributed by atoms with van der Waals surface area (Å²) in [5.41, 5.74) is 0. The van der Waals surface area contributed by atoms with E-state index in [4.69, 9.17) is 10.2 Å². The fourth-order valence-corrected chi connectivity index (χ4v) is 2.42. The second-order valence-corrected chi connectivity index (χ2v) is 5.18. The molecule has 0 unspecified atom stereocenters. The number of aliphatic carboxylic acids is 2. The number of hydrogen-bond acceptors (Lipinski definition) is 3. The molecule has 1 saturated carbocycles. The molecule has 0 radical (unpaired) electrons. The summed E-state index contributed by atoms with van der Waals surface area (Å²) in [4.78, 5) is 35.0. The second-order valence-electron chi connectivity index (χ2n) is 5.18. The average molecular weight is 286 g/mol. The molecule has 0 aromatic carbocycles. The molecule has 1 atom stereocenters. The molecule has 2 amide bonds. The highest BCUT2D eigenvalue weighted by Gasteiger charge is 2.27. The molecule has 7 heteroatoms. The molecular formula is C13H22N2O5. The van der Waals surface area contributed by atoms with Crippen LogP contribution in [0.1, 0.15) is 44.9 Å². The molecule has 3 N–H and O–H groups in total. The zero-order valence-corrected chi connectivity index (χ0v) is 11.7. The van der Waals surface area contributed by atoms with Gasteiger partial charge in [-0.05, 0) is 25.7 Å². The predicted molar refractivity (Wildman–Crippen MR) is 71.5 cm³/mol. The fraction of sp³-hybridized carbons (Fsp3) is 0.769. The van der Waals surface area contributed by atoms with Gasteiger partial charge in [-0.15, -0.1) is 0 Å². The normalized spacial score (nSPS) is 16.6. The van der Waals surface area contributed by atoms with Crippen molar-refractivity contribution in [2.75, 3.05) is 7.05 Å². The van der Waals surface area contributed by atoms with Gasteiger partial charge in [-0.1, -0.05) is 12.8 Å². The maximum Gasteiger partial charge on any atom is 0.326 e. The Morgan fingerprint density at radius 2 is 1.85 bits per heavy atom. The van der Waals surface area contributed by atoms with E-state index in [0.29, 0.717) is 0 Å². The lowest BCUT2D eigenvalue weighted by Crippen LogP contribution is -2.49. The van der Waals surface area contributed by atoms with Crippen molar-refractivity contribution in [1.29, 1.82) is 0 Å². The van der Waals surface area contributed by atoms with Crippen molar-refractivity contribution in [3.05, 3.63) is 0 Å². The van der Waals surface area contributed by atoms with E-state index in [1.54, 1.807) is 11.9 Å². The Morgan fingerprint density at radius 3 is 2.35 bits per heavy atom. The molecule has 1 aliphatic carbocycles. The first-order valence-electron chi connectivity index (χ1n) is 6.89. The molecule has 0 saturated heterocycles. The number of nitrogens with zero attached hydrogens (tertiary/aromatic N) is 1. The Morgan fingerprint density at radius 1 is 1.25 bits per heavy atom. The van der Waals surface area contributed by atoms with E-state index in [-0.39, 0.29) is 25.3 Å². The van der Waals surface area contributed by atoms with E-state index in [1.807, 2.05) is 0 Å². The van der Waals surface area contributed by atoms with Crippen LogP contribution >= 0.6 is 0 Å². The maximum absolute atomic E-state index is 12.0. The van der Waals surface area contributed by atoms with Crippen molar-refractivity contribution >= 4 is 18.0 Å². The van der Waals surface area contributed by atoms with Crippen molar-refractivity contribution < 1.29 is 24.6 Å². The Hall–Kier alpha value is -1.79. The van der Waals surface area contributed by atoms with Gasteiger partial charge in [0.25, 0.3) is 0 Å². The number of rotatable bonds is 7. The lowest BCUT2D eigenvalue weighted by Gasteiger charge is -2.26. The quantitative estimate of drug-likeness (QED) is 0.653. The van der Waals surface area contributed by atoms with Crippen molar-refractivity contribution in [1.82, 2.24) is 10.2 Å². The van der Waals surface area contributed by atoms with Gasteiger partial charge in [-0.3, -0.25) is 4.79 Å². The minimum atomic E-state index is -1.14. The topological polar surface area (TPSA) is 107 Å². The van der Waals surface area contributed by atoms with Crippen LogP contribution in [0.3, 0.4) is 0 Å². The third-order valence-corrected chi connectivity index (χ3v) is 3.67. The van der Waals surface area contributed by atoms with Gasteiger partial charge < -0.3 is 20.4 Å². The molecule has 0 bridgehead atoms. The molecule has 0 aromatic heterocycles. The van der Waals surface area contributed by atoms with Crippen LogP contribution in [-0.4, -0.2) is 52.2 Å². The Bertz CT molecular complexity index is 366. The van der Waals surface area contributed by atoms with E-state index in [9.17, 15) is 14.4 Å². The lowest BCUT2D eigenvalue weighted by atomic mass is 10.1. The first-order chi connectivity index (χ1) is 9.41. The lowest BCUT2D eigenvalue weighted by molar-refractivity contribution is -0.140. The smallest absolute Gasteiger partial charge is 0.326 e. The van der Waals surface area contributed by atoms with Gasteiger partial charge in [0, 0.05) is 19.5 Å². The standard InChI is InChI=1S/C13H22N2O5/c1-15(9-5-2-3-6-9)13(20)14-10(12(18)19)7-4-8-11(16)17/h9-10H,2-8H2,1H3,(H,14,20)(H,16,17)(H,18,19)/t10-/m1/s1. The summed E-state index contributed by atoms with van der Waals surface area (Å²) >= 11 is 0. The number of carboxylic acids is 2. The highest BCUT2D eigenvalue weighted by molar-refractivity contribution is 5.82. The summed E-state index contributed by atoms with van der Waals surface area (Å²) in [6.07, 6.45) is 4.30. The fourth-order valence-electron chi connectivity index (χ4n) is 2.42.